The van der Waals surface area contributed by atoms with E-state index in [4.69, 9.17) is 0 Å². The molecule has 1 amide bonds. The van der Waals surface area contributed by atoms with Crippen LogP contribution in [0.4, 0.5) is 0 Å². The van der Waals surface area contributed by atoms with Crippen molar-refractivity contribution in [3.05, 3.63) is 85.1 Å². The second-order valence-corrected chi connectivity index (χ2v) is 24.3. The Morgan fingerprint density at radius 2 is 0.562 bits per heavy atom. The van der Waals surface area contributed by atoms with Crippen LogP contribution >= 0.6 is 0 Å². The highest BCUT2D eigenvalue weighted by Gasteiger charge is 2.18. The molecule has 466 valence electrons. The van der Waals surface area contributed by atoms with Gasteiger partial charge in [-0.3, -0.25) is 4.79 Å². The molecule has 0 aliphatic rings. The topological polar surface area (TPSA) is 69.6 Å². The summed E-state index contributed by atoms with van der Waals surface area (Å²) in [6.45, 7) is 4.22. The SMILES string of the molecule is CC/C=C\C/C=C\C/C=C\C/C=C\C/C=C\CCCCCCCCCCCCCCCCCCCCCCCCCC(=O)NC(CO)C(O)/C=C/CC/C=C/CCCCCCCCCCCCCCCCCCCCCCCCC. The fourth-order valence-electron chi connectivity index (χ4n) is 11.0. The van der Waals surface area contributed by atoms with Gasteiger partial charge < -0.3 is 15.5 Å². The summed E-state index contributed by atoms with van der Waals surface area (Å²) in [5.41, 5.74) is 0. The molecule has 0 saturated heterocycles. The van der Waals surface area contributed by atoms with Crippen LogP contribution in [0.5, 0.6) is 0 Å². The van der Waals surface area contributed by atoms with Crippen molar-refractivity contribution in [1.82, 2.24) is 5.32 Å². The van der Waals surface area contributed by atoms with Gasteiger partial charge in [-0.2, -0.15) is 0 Å². The molecular formula is C76H139NO3. The van der Waals surface area contributed by atoms with Crippen LogP contribution < -0.4 is 5.32 Å². The van der Waals surface area contributed by atoms with E-state index < -0.39 is 12.1 Å². The van der Waals surface area contributed by atoms with E-state index in [9.17, 15) is 15.0 Å². The molecule has 4 nitrogen and oxygen atoms in total. The largest absolute Gasteiger partial charge is 0.394 e. The predicted molar refractivity (Wildman–Crippen MR) is 359 cm³/mol. The lowest BCUT2D eigenvalue weighted by Gasteiger charge is -2.19. The van der Waals surface area contributed by atoms with Crippen LogP contribution in [0, 0.1) is 0 Å². The average Bonchev–Trinajstić information content (AvgIpc) is 3.46. The van der Waals surface area contributed by atoms with Crippen molar-refractivity contribution in [1.29, 1.82) is 0 Å². The number of rotatable bonds is 66. The summed E-state index contributed by atoms with van der Waals surface area (Å²) in [5, 5.41) is 23.3. The molecule has 2 unspecified atom stereocenters. The van der Waals surface area contributed by atoms with Crippen LogP contribution in [0.15, 0.2) is 85.1 Å². The summed E-state index contributed by atoms with van der Waals surface area (Å²) < 4.78 is 0. The van der Waals surface area contributed by atoms with Gasteiger partial charge in [-0.15, -0.1) is 0 Å². The number of hydrogen-bond acceptors (Lipinski definition) is 3. The van der Waals surface area contributed by atoms with Crippen LogP contribution in [0.25, 0.3) is 0 Å². The summed E-state index contributed by atoms with van der Waals surface area (Å²) in [6, 6.07) is -0.642. The van der Waals surface area contributed by atoms with Crippen molar-refractivity contribution in [3.8, 4) is 0 Å². The minimum atomic E-state index is -0.866. The van der Waals surface area contributed by atoms with E-state index in [0.717, 1.165) is 64.2 Å². The van der Waals surface area contributed by atoms with E-state index >= 15 is 0 Å². The lowest BCUT2D eigenvalue weighted by atomic mass is 10.0. The molecule has 0 rings (SSSR count). The van der Waals surface area contributed by atoms with E-state index in [2.05, 4.69) is 92.1 Å². The molecule has 3 N–H and O–H groups in total. The van der Waals surface area contributed by atoms with Crippen LogP contribution in [0.2, 0.25) is 0 Å². The maximum Gasteiger partial charge on any atom is 0.220 e. The first kappa shape index (κ1) is 77.6. The molecular weight excluding hydrogens is 975 g/mol. The third kappa shape index (κ3) is 66.4. The number of amides is 1. The van der Waals surface area contributed by atoms with Gasteiger partial charge in [0.15, 0.2) is 0 Å². The van der Waals surface area contributed by atoms with Crippen LogP contribution in [0.3, 0.4) is 0 Å². The molecule has 0 aromatic rings. The van der Waals surface area contributed by atoms with Crippen molar-refractivity contribution in [2.75, 3.05) is 6.61 Å². The minimum Gasteiger partial charge on any atom is -0.394 e. The van der Waals surface area contributed by atoms with Gasteiger partial charge in [0.05, 0.1) is 18.8 Å². The number of nitrogens with one attached hydrogen (secondary N) is 1. The molecule has 0 saturated carbocycles. The Morgan fingerprint density at radius 3 is 0.875 bits per heavy atom. The Balaban J connectivity index is 3.45. The number of hydrogen-bond donors (Lipinski definition) is 3. The molecule has 0 aromatic heterocycles. The number of aliphatic hydroxyl groups is 2. The molecule has 0 spiro atoms. The van der Waals surface area contributed by atoms with Crippen molar-refractivity contribution in [3.63, 3.8) is 0 Å². The first-order valence-electron chi connectivity index (χ1n) is 35.8. The number of carbonyl (C=O) groups excluding carboxylic acids is 1. The zero-order valence-corrected chi connectivity index (χ0v) is 53.8. The van der Waals surface area contributed by atoms with Gasteiger partial charge in [0.25, 0.3) is 0 Å². The summed E-state index contributed by atoms with van der Waals surface area (Å²) >= 11 is 0. The second-order valence-electron chi connectivity index (χ2n) is 24.3. The summed E-state index contributed by atoms with van der Waals surface area (Å²) in [5.74, 6) is -0.0681. The average molecular weight is 1110 g/mol. The standard InChI is InChI=1S/C76H139NO3/c1-3-5-7-9-11-13-15-17-19-21-23-25-27-29-31-33-34-35-36-37-38-39-40-41-42-44-46-48-50-52-54-56-58-60-62-64-66-68-70-72-76(80)77-74(73-78)75(79)71-69-67-65-63-61-59-57-55-53-51-49-47-45-43-32-30-28-26-24-22-20-18-16-14-12-10-8-6-4-2/h5,7,11,13,17,19,23,25,29,31,61,63,69,71,74-75,78-79H,3-4,6,8-10,12,14-16,18,20-22,24,26-28,30,32-60,62,64-68,70,72-73H2,1-2H3,(H,77,80)/b7-5-,13-11-,19-17-,25-23-,31-29-,63-61+,71-69+. The molecule has 0 aliphatic heterocycles. The van der Waals surface area contributed by atoms with E-state index in [1.807, 2.05) is 6.08 Å². The lowest BCUT2D eigenvalue weighted by molar-refractivity contribution is -0.123. The first-order chi connectivity index (χ1) is 39.7. The van der Waals surface area contributed by atoms with Crippen molar-refractivity contribution in [2.45, 2.75) is 386 Å². The van der Waals surface area contributed by atoms with Gasteiger partial charge in [0.1, 0.15) is 0 Å². The van der Waals surface area contributed by atoms with E-state index in [-0.39, 0.29) is 12.5 Å². The van der Waals surface area contributed by atoms with Gasteiger partial charge >= 0.3 is 0 Å². The van der Waals surface area contributed by atoms with E-state index in [1.165, 1.54) is 289 Å². The lowest BCUT2D eigenvalue weighted by Crippen LogP contribution is -2.45. The Hall–Kier alpha value is -2.43. The van der Waals surface area contributed by atoms with Crippen molar-refractivity contribution < 1.29 is 15.0 Å². The normalized spacial score (nSPS) is 13.2. The number of carbonyl (C=O) groups is 1. The minimum absolute atomic E-state index is 0.0681. The zero-order chi connectivity index (χ0) is 57.6. The quantitative estimate of drug-likeness (QED) is 0.0420. The molecule has 4 heteroatoms. The third-order valence-electron chi connectivity index (χ3n) is 16.4. The molecule has 80 heavy (non-hydrogen) atoms. The Labute approximate surface area is 501 Å². The summed E-state index contributed by atoms with van der Waals surface area (Å²) in [7, 11) is 0. The number of unbranched alkanes of at least 4 members (excludes halogenated alkanes) is 47. The van der Waals surface area contributed by atoms with Gasteiger partial charge in [-0.25, -0.2) is 0 Å². The smallest absolute Gasteiger partial charge is 0.220 e. The third-order valence-corrected chi connectivity index (χ3v) is 16.4. The maximum absolute atomic E-state index is 12.5. The fraction of sp³-hybridized carbons (Fsp3) is 0.803. The van der Waals surface area contributed by atoms with Crippen LogP contribution in [-0.4, -0.2) is 34.9 Å². The number of aliphatic hydroxyl groups excluding tert-OH is 2. The molecule has 0 fully saturated rings. The summed E-state index contributed by atoms with van der Waals surface area (Å²) in [4.78, 5) is 12.5. The predicted octanol–water partition coefficient (Wildman–Crippen LogP) is 24.6. The monoisotopic (exact) mass is 1110 g/mol. The Kier molecular flexibility index (Phi) is 68.7. The Morgan fingerprint density at radius 1 is 0.312 bits per heavy atom. The highest BCUT2D eigenvalue weighted by molar-refractivity contribution is 5.76. The molecule has 0 bridgehead atoms. The molecule has 2 atom stereocenters. The Bertz CT molecular complexity index is 1400. The molecule has 0 aromatic carbocycles. The van der Waals surface area contributed by atoms with E-state index in [0.29, 0.717) is 6.42 Å². The van der Waals surface area contributed by atoms with E-state index in [1.54, 1.807) is 6.08 Å². The van der Waals surface area contributed by atoms with Crippen LogP contribution in [-0.2, 0) is 4.79 Å². The highest BCUT2D eigenvalue weighted by Crippen LogP contribution is 2.19. The maximum atomic E-state index is 12.5. The molecule has 0 radical (unpaired) electrons. The molecule has 0 heterocycles. The van der Waals surface area contributed by atoms with Crippen molar-refractivity contribution in [2.24, 2.45) is 0 Å². The van der Waals surface area contributed by atoms with Crippen molar-refractivity contribution >= 4 is 5.91 Å². The number of allylic oxidation sites excluding steroid dienone is 13. The molecule has 0 aliphatic carbocycles. The highest BCUT2D eigenvalue weighted by atomic mass is 16.3. The first-order valence-corrected chi connectivity index (χ1v) is 35.8. The van der Waals surface area contributed by atoms with Gasteiger partial charge in [-0.1, -0.05) is 375 Å². The van der Waals surface area contributed by atoms with Crippen LogP contribution in [0.1, 0.15) is 373 Å². The van der Waals surface area contributed by atoms with Gasteiger partial charge in [0.2, 0.25) is 5.91 Å². The van der Waals surface area contributed by atoms with Gasteiger partial charge in [0, 0.05) is 6.42 Å². The summed E-state index contributed by atoms with van der Waals surface area (Å²) in [6.07, 6.45) is 104. The fourth-order valence-corrected chi connectivity index (χ4v) is 11.0. The second kappa shape index (κ2) is 70.8. The van der Waals surface area contributed by atoms with Gasteiger partial charge in [-0.05, 0) is 77.0 Å². The zero-order valence-electron chi connectivity index (χ0n) is 53.8.